The van der Waals surface area contributed by atoms with E-state index in [1.807, 2.05) is 12.4 Å². The van der Waals surface area contributed by atoms with Crippen LogP contribution >= 0.6 is 0 Å². The van der Waals surface area contributed by atoms with E-state index < -0.39 is 8.24 Å². The lowest BCUT2D eigenvalue weighted by Gasteiger charge is -2.44. The molecule has 0 unspecified atom stereocenters. The van der Waals surface area contributed by atoms with Gasteiger partial charge in [-0.05, 0) is 35.0 Å². The van der Waals surface area contributed by atoms with E-state index in [0.29, 0.717) is 16.6 Å². The van der Waals surface area contributed by atoms with Gasteiger partial charge in [0.2, 0.25) is 0 Å². The van der Waals surface area contributed by atoms with Crippen molar-refractivity contribution in [3.8, 4) is 0 Å². The quantitative estimate of drug-likeness (QED) is 0.630. The first-order valence-corrected chi connectivity index (χ1v) is 10.5. The summed E-state index contributed by atoms with van der Waals surface area (Å²) in [5.41, 5.74) is 4.49. The van der Waals surface area contributed by atoms with E-state index in [0.717, 1.165) is 5.52 Å². The number of nitrogens with one attached hydrogen (secondary N) is 1. The van der Waals surface area contributed by atoms with Gasteiger partial charge in [-0.15, -0.1) is 0 Å². The molecule has 3 aromatic rings. The summed E-state index contributed by atoms with van der Waals surface area (Å²) >= 11 is 0. The number of aromatic nitrogens is 3. The van der Waals surface area contributed by atoms with E-state index in [2.05, 4.69) is 74.1 Å². The van der Waals surface area contributed by atoms with Crippen LogP contribution in [0.15, 0.2) is 30.7 Å². The maximum Gasteiger partial charge on any atom is 0.171 e. The highest BCUT2D eigenvalue weighted by Crippen LogP contribution is 2.44. The highest BCUT2D eigenvalue weighted by molar-refractivity contribution is 6.82. The fourth-order valence-corrected chi connectivity index (χ4v) is 11.4. The van der Waals surface area contributed by atoms with Crippen LogP contribution in [-0.2, 0) is 0 Å². The monoisotopic (exact) mass is 313 g/mol. The predicted molar refractivity (Wildman–Crippen MR) is 98.0 cm³/mol. The van der Waals surface area contributed by atoms with E-state index in [1.54, 1.807) is 0 Å². The molecule has 0 radical (unpaired) electrons. The van der Waals surface area contributed by atoms with Crippen molar-refractivity contribution in [1.29, 1.82) is 0 Å². The summed E-state index contributed by atoms with van der Waals surface area (Å²) in [6, 6.07) is 4.39. The molecule has 4 heteroatoms. The van der Waals surface area contributed by atoms with Crippen LogP contribution in [0.2, 0.25) is 16.6 Å². The predicted octanol–water partition coefficient (Wildman–Crippen LogP) is 5.54. The fraction of sp³-hybridized carbons (Fsp3) is 0.500. The van der Waals surface area contributed by atoms with Gasteiger partial charge in [0.15, 0.2) is 8.24 Å². The zero-order valence-corrected chi connectivity index (χ0v) is 15.5. The van der Waals surface area contributed by atoms with Crippen LogP contribution in [0.1, 0.15) is 41.5 Å². The maximum atomic E-state index is 4.26. The molecule has 0 bridgehead atoms. The molecule has 22 heavy (non-hydrogen) atoms. The molecule has 0 fully saturated rings. The molecule has 0 saturated carbocycles. The lowest BCUT2D eigenvalue weighted by molar-refractivity contribution is 0.771. The van der Waals surface area contributed by atoms with Gasteiger partial charge in [0.05, 0.1) is 11.7 Å². The fourth-order valence-electron chi connectivity index (χ4n) is 4.79. The first-order chi connectivity index (χ1) is 10.4. The van der Waals surface area contributed by atoms with Gasteiger partial charge in [-0.3, -0.25) is 4.98 Å². The Kier molecular flexibility index (Phi) is 3.67. The number of nitrogens with zero attached hydrogens (tertiary/aromatic N) is 2. The number of rotatable bonds is 4. The van der Waals surface area contributed by atoms with Gasteiger partial charge in [-0.1, -0.05) is 41.5 Å². The lowest BCUT2D eigenvalue weighted by atomic mass is 10.2. The smallest absolute Gasteiger partial charge is 0.171 e. The van der Waals surface area contributed by atoms with E-state index in [4.69, 9.17) is 0 Å². The van der Waals surface area contributed by atoms with Crippen LogP contribution in [0.3, 0.4) is 0 Å². The van der Waals surface area contributed by atoms with Crippen LogP contribution in [0.5, 0.6) is 0 Å². The molecular formula is C18H27N3Si. The highest BCUT2D eigenvalue weighted by Gasteiger charge is 2.46. The molecule has 0 saturated heterocycles. The second-order valence-electron chi connectivity index (χ2n) is 7.35. The van der Waals surface area contributed by atoms with Crippen molar-refractivity contribution in [3.05, 3.63) is 30.7 Å². The van der Waals surface area contributed by atoms with Crippen molar-refractivity contribution < 1.29 is 0 Å². The summed E-state index contributed by atoms with van der Waals surface area (Å²) in [4.78, 5) is 7.89. The second-order valence-corrected chi connectivity index (χ2v) is 13.1. The molecule has 118 valence electrons. The van der Waals surface area contributed by atoms with Gasteiger partial charge in [-0.2, -0.15) is 0 Å². The number of hydrogen-bond donors (Lipinski definition) is 1. The summed E-state index contributed by atoms with van der Waals surface area (Å²) in [5.74, 6) is 0. The van der Waals surface area contributed by atoms with Crippen molar-refractivity contribution in [2.24, 2.45) is 0 Å². The minimum Gasteiger partial charge on any atom is -0.360 e. The van der Waals surface area contributed by atoms with E-state index in [-0.39, 0.29) is 0 Å². The molecule has 0 spiro atoms. The van der Waals surface area contributed by atoms with Crippen molar-refractivity contribution in [1.82, 2.24) is 14.2 Å². The molecular weight excluding hydrogens is 286 g/mol. The number of fused-ring (bicyclic) bond motifs is 3. The number of hydrogen-bond acceptors (Lipinski definition) is 1. The Morgan fingerprint density at radius 3 is 2.18 bits per heavy atom. The third-order valence-corrected chi connectivity index (χ3v) is 12.2. The molecule has 0 aliphatic heterocycles. The minimum absolute atomic E-state index is 0.688. The van der Waals surface area contributed by atoms with E-state index in [9.17, 15) is 0 Å². The normalized spacial score (nSPS) is 13.3. The van der Waals surface area contributed by atoms with Gasteiger partial charge < -0.3 is 9.22 Å². The Morgan fingerprint density at radius 2 is 1.59 bits per heavy atom. The molecule has 0 amide bonds. The third-order valence-electron chi connectivity index (χ3n) is 5.44. The highest BCUT2D eigenvalue weighted by atomic mass is 28.3. The van der Waals surface area contributed by atoms with Crippen molar-refractivity contribution in [2.45, 2.75) is 58.2 Å². The van der Waals surface area contributed by atoms with E-state index >= 15 is 0 Å². The summed E-state index contributed by atoms with van der Waals surface area (Å²) in [6.45, 7) is 14.4. The number of H-pyrrole nitrogens is 1. The van der Waals surface area contributed by atoms with Crippen molar-refractivity contribution >= 4 is 30.2 Å². The molecule has 3 nitrogen and oxygen atoms in total. The minimum atomic E-state index is -1.71. The largest absolute Gasteiger partial charge is 0.360 e. The summed E-state index contributed by atoms with van der Waals surface area (Å²) in [5, 5.41) is 2.61. The zero-order valence-electron chi connectivity index (χ0n) is 14.5. The average molecular weight is 314 g/mol. The average Bonchev–Trinajstić information content (AvgIpc) is 2.98. The first-order valence-electron chi connectivity index (χ1n) is 8.33. The molecule has 3 rings (SSSR count). The van der Waals surface area contributed by atoms with Gasteiger partial charge in [0.25, 0.3) is 0 Å². The van der Waals surface area contributed by atoms with Crippen molar-refractivity contribution in [3.63, 3.8) is 0 Å². The van der Waals surface area contributed by atoms with Crippen LogP contribution in [0.25, 0.3) is 21.9 Å². The SMILES string of the molecule is CC(C)[Si](C(C)C)(C(C)C)n1ccc2c3ccncc3[nH]c21. The molecule has 3 aromatic heterocycles. The Bertz CT molecular complexity index is 773. The zero-order chi connectivity index (χ0) is 16.1. The number of aromatic amines is 1. The van der Waals surface area contributed by atoms with Crippen LogP contribution in [0.4, 0.5) is 0 Å². The van der Waals surface area contributed by atoms with Gasteiger partial charge in [0.1, 0.15) is 5.65 Å². The van der Waals surface area contributed by atoms with Gasteiger partial charge >= 0.3 is 0 Å². The van der Waals surface area contributed by atoms with Gasteiger partial charge in [-0.25, -0.2) is 0 Å². The van der Waals surface area contributed by atoms with Crippen LogP contribution < -0.4 is 0 Å². The topological polar surface area (TPSA) is 33.6 Å². The Morgan fingerprint density at radius 1 is 0.955 bits per heavy atom. The van der Waals surface area contributed by atoms with E-state index in [1.165, 1.54) is 16.4 Å². The summed E-state index contributed by atoms with van der Waals surface area (Å²) in [6.07, 6.45) is 6.14. The second kappa shape index (κ2) is 5.27. The Hall–Kier alpha value is -1.55. The first kappa shape index (κ1) is 15.3. The lowest BCUT2D eigenvalue weighted by Crippen LogP contribution is -2.51. The third kappa shape index (κ3) is 1.89. The van der Waals surface area contributed by atoms with Crippen LogP contribution in [-0.4, -0.2) is 22.4 Å². The summed E-state index contributed by atoms with van der Waals surface area (Å²) in [7, 11) is -1.71. The molecule has 0 aliphatic rings. The van der Waals surface area contributed by atoms with Crippen LogP contribution in [0, 0.1) is 0 Å². The number of pyridine rings is 1. The molecule has 0 aliphatic carbocycles. The molecule has 0 aromatic carbocycles. The standard InChI is InChI=1S/C18H27N3Si/c1-12(2)22(13(3)4,14(5)6)21-10-8-16-15-7-9-19-11-17(15)20-18(16)21/h7-14,20H,1-6H3. The van der Waals surface area contributed by atoms with Crippen molar-refractivity contribution in [2.75, 3.05) is 0 Å². The molecule has 3 heterocycles. The molecule has 0 atom stereocenters. The molecule has 1 N–H and O–H groups in total. The Balaban J connectivity index is 2.35. The maximum absolute atomic E-state index is 4.26. The summed E-state index contributed by atoms with van der Waals surface area (Å²) < 4.78 is 2.63. The van der Waals surface area contributed by atoms with Gasteiger partial charge in [0, 0.05) is 17.0 Å². The Labute approximate surface area is 133 Å².